The zero-order valence-electron chi connectivity index (χ0n) is 11.2. The first-order valence-corrected chi connectivity index (χ1v) is 6.78. The zero-order chi connectivity index (χ0) is 13.8. The van der Waals surface area contributed by atoms with E-state index in [0.29, 0.717) is 17.0 Å². The summed E-state index contributed by atoms with van der Waals surface area (Å²) in [7, 11) is 0. The van der Waals surface area contributed by atoms with Crippen LogP contribution in [-0.2, 0) is 0 Å². The summed E-state index contributed by atoms with van der Waals surface area (Å²) < 4.78 is 0. The topological polar surface area (TPSA) is 72.2 Å². The van der Waals surface area contributed by atoms with Gasteiger partial charge in [-0.2, -0.15) is 0 Å². The Labute approximate surface area is 113 Å². The smallest absolute Gasteiger partial charge is 0.251 e. The summed E-state index contributed by atoms with van der Waals surface area (Å²) in [6.45, 7) is 2.17. The van der Waals surface area contributed by atoms with Crippen molar-refractivity contribution in [2.75, 3.05) is 0 Å². The molecule has 1 aromatic carbocycles. The van der Waals surface area contributed by atoms with Gasteiger partial charge in [-0.25, -0.2) is 0 Å². The predicted molar refractivity (Wildman–Crippen MR) is 73.8 cm³/mol. The van der Waals surface area contributed by atoms with Gasteiger partial charge in [0.1, 0.15) is 0 Å². The van der Waals surface area contributed by atoms with Crippen LogP contribution in [0, 0.1) is 5.92 Å². The molecule has 3 N–H and O–H groups in total. The van der Waals surface area contributed by atoms with Crippen LogP contribution in [0.25, 0.3) is 0 Å². The molecule has 2 atom stereocenters. The van der Waals surface area contributed by atoms with Gasteiger partial charge in [-0.05, 0) is 37.0 Å². The lowest BCUT2D eigenvalue weighted by molar-refractivity contribution is 0.0910. The molecule has 1 aliphatic rings. The van der Waals surface area contributed by atoms with Gasteiger partial charge >= 0.3 is 0 Å². The fourth-order valence-corrected chi connectivity index (χ4v) is 2.60. The van der Waals surface area contributed by atoms with E-state index >= 15 is 0 Å². The van der Waals surface area contributed by atoms with E-state index in [-0.39, 0.29) is 11.9 Å². The fraction of sp³-hybridized carbons (Fsp3) is 0.467. The Balaban J connectivity index is 2.07. The van der Waals surface area contributed by atoms with Crippen LogP contribution in [0.5, 0.6) is 0 Å². The normalized spacial score (nSPS) is 22.8. The van der Waals surface area contributed by atoms with Gasteiger partial charge in [0.05, 0.1) is 0 Å². The van der Waals surface area contributed by atoms with Crippen molar-refractivity contribution >= 4 is 11.8 Å². The molecule has 1 aliphatic carbocycles. The van der Waals surface area contributed by atoms with E-state index in [1.165, 1.54) is 6.42 Å². The van der Waals surface area contributed by atoms with Crippen LogP contribution in [0.15, 0.2) is 24.3 Å². The minimum absolute atomic E-state index is 0.123. The van der Waals surface area contributed by atoms with E-state index in [4.69, 9.17) is 5.73 Å². The number of carbonyl (C=O) groups excluding carboxylic acids is 2. The molecule has 0 radical (unpaired) electrons. The third kappa shape index (κ3) is 3.34. The zero-order valence-corrected chi connectivity index (χ0v) is 11.2. The number of amides is 2. The predicted octanol–water partition coefficient (Wildman–Crippen LogP) is 2.09. The van der Waals surface area contributed by atoms with Gasteiger partial charge in [0.15, 0.2) is 0 Å². The molecule has 0 saturated heterocycles. The number of nitrogens with one attached hydrogen (secondary N) is 1. The fourth-order valence-electron chi connectivity index (χ4n) is 2.60. The molecule has 0 unspecified atom stereocenters. The first-order valence-electron chi connectivity index (χ1n) is 6.78. The Morgan fingerprint density at radius 2 is 1.89 bits per heavy atom. The maximum atomic E-state index is 12.2. The van der Waals surface area contributed by atoms with Crippen LogP contribution in [0.4, 0.5) is 0 Å². The molecule has 0 aromatic heterocycles. The molecule has 0 spiro atoms. The van der Waals surface area contributed by atoms with Gasteiger partial charge in [0.2, 0.25) is 5.91 Å². The second-order valence-corrected chi connectivity index (χ2v) is 5.29. The summed E-state index contributed by atoms with van der Waals surface area (Å²) in [5, 5.41) is 3.06. The highest BCUT2D eigenvalue weighted by atomic mass is 16.2. The molecule has 1 saturated carbocycles. The summed E-state index contributed by atoms with van der Waals surface area (Å²) in [4.78, 5) is 23.3. The highest BCUT2D eigenvalue weighted by Gasteiger charge is 2.23. The van der Waals surface area contributed by atoms with Crippen LogP contribution in [0.3, 0.4) is 0 Å². The van der Waals surface area contributed by atoms with E-state index in [1.807, 2.05) is 0 Å². The number of hydrogen-bond acceptors (Lipinski definition) is 2. The summed E-state index contributed by atoms with van der Waals surface area (Å²) in [5.74, 6) is -0.125. The standard InChI is InChI=1S/C15H20N2O2/c1-10-5-2-3-8-13(10)17-15(19)12-7-4-6-11(9-12)14(16)18/h4,6-7,9-10,13H,2-3,5,8H2,1H3,(H2,16,18)(H,17,19)/t10-,13-/m0/s1. The highest BCUT2D eigenvalue weighted by molar-refractivity contribution is 5.99. The lowest BCUT2D eigenvalue weighted by Gasteiger charge is -2.29. The molecule has 0 bridgehead atoms. The van der Waals surface area contributed by atoms with Crippen molar-refractivity contribution in [3.63, 3.8) is 0 Å². The molecule has 4 nitrogen and oxygen atoms in total. The third-order valence-corrected chi connectivity index (χ3v) is 3.84. The molecule has 2 rings (SSSR count). The van der Waals surface area contributed by atoms with Crippen LogP contribution in [0.1, 0.15) is 53.3 Å². The highest BCUT2D eigenvalue weighted by Crippen LogP contribution is 2.24. The van der Waals surface area contributed by atoms with Crippen molar-refractivity contribution in [2.24, 2.45) is 11.7 Å². The minimum atomic E-state index is -0.513. The van der Waals surface area contributed by atoms with Crippen molar-refractivity contribution in [1.82, 2.24) is 5.32 Å². The molecule has 1 fully saturated rings. The van der Waals surface area contributed by atoms with E-state index in [9.17, 15) is 9.59 Å². The molecule has 102 valence electrons. The van der Waals surface area contributed by atoms with Crippen molar-refractivity contribution in [2.45, 2.75) is 38.6 Å². The first kappa shape index (κ1) is 13.6. The van der Waals surface area contributed by atoms with E-state index < -0.39 is 5.91 Å². The van der Waals surface area contributed by atoms with Crippen molar-refractivity contribution in [3.8, 4) is 0 Å². The Morgan fingerprint density at radius 1 is 1.21 bits per heavy atom. The average Bonchev–Trinajstić information content (AvgIpc) is 2.41. The van der Waals surface area contributed by atoms with Crippen molar-refractivity contribution < 1.29 is 9.59 Å². The van der Waals surface area contributed by atoms with Crippen LogP contribution in [-0.4, -0.2) is 17.9 Å². The van der Waals surface area contributed by atoms with Gasteiger partial charge in [-0.15, -0.1) is 0 Å². The van der Waals surface area contributed by atoms with Crippen molar-refractivity contribution in [3.05, 3.63) is 35.4 Å². The molecular weight excluding hydrogens is 240 g/mol. The van der Waals surface area contributed by atoms with E-state index in [2.05, 4.69) is 12.2 Å². The summed E-state index contributed by atoms with van der Waals surface area (Å²) in [5.41, 5.74) is 6.08. The average molecular weight is 260 g/mol. The third-order valence-electron chi connectivity index (χ3n) is 3.84. The Hall–Kier alpha value is -1.84. The molecule has 2 amide bonds. The summed E-state index contributed by atoms with van der Waals surface area (Å²) in [6, 6.07) is 6.78. The lowest BCUT2D eigenvalue weighted by atomic mass is 9.86. The monoisotopic (exact) mass is 260 g/mol. The SMILES string of the molecule is C[C@H]1CCCC[C@@H]1NC(=O)c1cccc(C(N)=O)c1. The van der Waals surface area contributed by atoms with Gasteiger partial charge in [0, 0.05) is 17.2 Å². The quantitative estimate of drug-likeness (QED) is 0.873. The van der Waals surface area contributed by atoms with E-state index in [0.717, 1.165) is 19.3 Å². The maximum absolute atomic E-state index is 12.2. The van der Waals surface area contributed by atoms with Crippen molar-refractivity contribution in [1.29, 1.82) is 0 Å². The second kappa shape index (κ2) is 5.87. The molecule has 4 heteroatoms. The largest absolute Gasteiger partial charge is 0.366 e. The van der Waals surface area contributed by atoms with Crippen LogP contribution >= 0.6 is 0 Å². The van der Waals surface area contributed by atoms with Crippen LogP contribution < -0.4 is 11.1 Å². The van der Waals surface area contributed by atoms with E-state index in [1.54, 1.807) is 24.3 Å². The molecule has 19 heavy (non-hydrogen) atoms. The molecular formula is C15H20N2O2. The minimum Gasteiger partial charge on any atom is -0.366 e. The van der Waals surface area contributed by atoms with Gasteiger partial charge in [-0.1, -0.05) is 25.8 Å². The van der Waals surface area contributed by atoms with Crippen LogP contribution in [0.2, 0.25) is 0 Å². The Bertz CT molecular complexity index is 485. The first-order chi connectivity index (χ1) is 9.08. The number of carbonyl (C=O) groups is 2. The number of benzene rings is 1. The summed E-state index contributed by atoms with van der Waals surface area (Å²) >= 11 is 0. The molecule has 0 heterocycles. The summed E-state index contributed by atoms with van der Waals surface area (Å²) in [6.07, 6.45) is 4.59. The Morgan fingerprint density at radius 3 is 2.58 bits per heavy atom. The maximum Gasteiger partial charge on any atom is 0.251 e. The van der Waals surface area contributed by atoms with Gasteiger partial charge in [0.25, 0.3) is 5.91 Å². The second-order valence-electron chi connectivity index (χ2n) is 5.29. The number of primary amides is 1. The molecule has 1 aromatic rings. The number of nitrogens with two attached hydrogens (primary N) is 1. The molecule has 0 aliphatic heterocycles. The number of hydrogen-bond donors (Lipinski definition) is 2. The lowest BCUT2D eigenvalue weighted by Crippen LogP contribution is -2.41. The van der Waals surface area contributed by atoms with Gasteiger partial charge < -0.3 is 11.1 Å². The number of rotatable bonds is 3. The van der Waals surface area contributed by atoms with Gasteiger partial charge in [-0.3, -0.25) is 9.59 Å². The Kier molecular flexibility index (Phi) is 4.20.